The third kappa shape index (κ3) is 1.67. The van der Waals surface area contributed by atoms with E-state index in [0.717, 1.165) is 0 Å². The molecule has 0 aromatic heterocycles. The van der Waals surface area contributed by atoms with Gasteiger partial charge in [0.1, 0.15) is 0 Å². The molecule has 0 spiro atoms. The Labute approximate surface area is 102 Å². The molecule has 2 rings (SSSR count). The Morgan fingerprint density at radius 2 is 1.93 bits per heavy atom. The molecule has 1 unspecified atom stereocenters. The van der Waals surface area contributed by atoms with Crippen molar-refractivity contribution in [1.82, 2.24) is 0 Å². The number of aliphatic imine (C=N–C) groups is 1. The summed E-state index contributed by atoms with van der Waals surface area (Å²) in [6.07, 6.45) is 1.54. The molecular weight excluding hydrogens is 256 g/mol. The molecule has 0 N–H and O–H groups in total. The number of ketones is 1. The van der Waals surface area contributed by atoms with Crippen LogP contribution in [0.4, 0.5) is 5.69 Å². The summed E-state index contributed by atoms with van der Waals surface area (Å²) in [5.74, 6) is -0.351. The maximum atomic E-state index is 11.8. The number of fused-ring (bicyclic) bond motifs is 1. The van der Waals surface area contributed by atoms with Gasteiger partial charge in [0.05, 0.1) is 32.2 Å². The molecule has 1 aromatic rings. The van der Waals surface area contributed by atoms with Crippen LogP contribution in [0.15, 0.2) is 11.1 Å². The molecule has 1 atom stereocenters. The number of rotatable bonds is 0. The van der Waals surface area contributed by atoms with Crippen LogP contribution in [0, 0.1) is 5.92 Å². The molecule has 0 bridgehead atoms. The highest BCUT2D eigenvalue weighted by molar-refractivity contribution is 6.46. The zero-order chi connectivity index (χ0) is 11.2. The van der Waals surface area contributed by atoms with E-state index in [1.807, 2.05) is 0 Å². The topological polar surface area (TPSA) is 29.4 Å². The van der Waals surface area contributed by atoms with Gasteiger partial charge < -0.3 is 0 Å². The van der Waals surface area contributed by atoms with Crippen molar-refractivity contribution in [2.75, 3.05) is 0 Å². The molecule has 1 aliphatic rings. The lowest BCUT2D eigenvalue weighted by Crippen LogP contribution is -2.17. The van der Waals surface area contributed by atoms with Gasteiger partial charge in [-0.25, -0.2) is 0 Å². The van der Waals surface area contributed by atoms with Crippen molar-refractivity contribution in [3.8, 4) is 0 Å². The Morgan fingerprint density at radius 1 is 1.27 bits per heavy atom. The van der Waals surface area contributed by atoms with E-state index in [9.17, 15) is 4.79 Å². The van der Waals surface area contributed by atoms with Crippen molar-refractivity contribution < 1.29 is 4.79 Å². The highest BCUT2D eigenvalue weighted by Gasteiger charge is 2.26. The minimum absolute atomic E-state index is 0.0800. The lowest BCUT2D eigenvalue weighted by Gasteiger charge is -2.16. The minimum atomic E-state index is -0.271. The molecule has 5 heteroatoms. The third-order valence-electron chi connectivity index (χ3n) is 2.23. The van der Waals surface area contributed by atoms with E-state index < -0.39 is 0 Å². The maximum absolute atomic E-state index is 11.8. The van der Waals surface area contributed by atoms with Gasteiger partial charge in [-0.15, -0.1) is 0 Å². The molecule has 1 heterocycles. The first-order valence-corrected chi connectivity index (χ1v) is 5.41. The van der Waals surface area contributed by atoms with Gasteiger partial charge in [0.2, 0.25) is 0 Å². The van der Waals surface area contributed by atoms with Gasteiger partial charge in [-0.3, -0.25) is 9.79 Å². The van der Waals surface area contributed by atoms with E-state index in [2.05, 4.69) is 4.99 Å². The first kappa shape index (κ1) is 10.9. The van der Waals surface area contributed by atoms with Crippen LogP contribution >= 0.6 is 34.8 Å². The lowest BCUT2D eigenvalue weighted by atomic mass is 9.96. The number of carbonyl (C=O) groups excluding carboxylic acids is 1. The minimum Gasteiger partial charge on any atom is -0.293 e. The van der Waals surface area contributed by atoms with E-state index >= 15 is 0 Å². The van der Waals surface area contributed by atoms with E-state index in [-0.39, 0.29) is 16.7 Å². The van der Waals surface area contributed by atoms with Crippen LogP contribution in [0.2, 0.25) is 15.1 Å². The highest BCUT2D eigenvalue weighted by Crippen LogP contribution is 2.42. The summed E-state index contributed by atoms with van der Waals surface area (Å²) in [6, 6.07) is 1.47. The molecule has 78 valence electrons. The number of Topliss-reactive ketones (excluding diaryl/α,β-unsaturated/α-hetero) is 1. The second-order valence-corrected chi connectivity index (χ2v) is 4.50. The summed E-state index contributed by atoms with van der Waals surface area (Å²) >= 11 is 17.7. The molecule has 1 aromatic carbocycles. The fraction of sp³-hybridized carbons (Fsp3) is 0.200. The maximum Gasteiger partial charge on any atom is 0.174 e. The molecule has 15 heavy (non-hydrogen) atoms. The fourth-order valence-corrected chi connectivity index (χ4v) is 2.16. The summed E-state index contributed by atoms with van der Waals surface area (Å²) in [5.41, 5.74) is 0.735. The second-order valence-electron chi connectivity index (χ2n) is 3.31. The Balaban J connectivity index is 2.77. The van der Waals surface area contributed by atoms with Gasteiger partial charge in [-0.1, -0.05) is 41.7 Å². The molecule has 0 saturated carbocycles. The van der Waals surface area contributed by atoms with Gasteiger partial charge in [-0.05, 0) is 6.07 Å². The molecular formula is C10H6Cl3NO. The van der Waals surface area contributed by atoms with Crippen molar-refractivity contribution in [2.24, 2.45) is 10.9 Å². The standard InChI is InChI=1S/C10H6Cl3NO/c1-4-3-14-9-7(10(4)15)5(11)2-6(12)8(9)13/h2-4H,1H3. The fourth-order valence-electron chi connectivity index (χ4n) is 1.42. The summed E-state index contributed by atoms with van der Waals surface area (Å²) in [4.78, 5) is 15.9. The molecule has 0 amide bonds. The molecule has 0 saturated heterocycles. The molecule has 0 fully saturated rings. The van der Waals surface area contributed by atoms with Crippen LogP contribution in [0.3, 0.4) is 0 Å². The summed E-state index contributed by atoms with van der Waals surface area (Å²) < 4.78 is 0. The first-order chi connectivity index (χ1) is 7.02. The molecule has 0 radical (unpaired) electrons. The summed E-state index contributed by atoms with van der Waals surface area (Å²) in [7, 11) is 0. The van der Waals surface area contributed by atoms with Crippen LogP contribution in [0.25, 0.3) is 0 Å². The monoisotopic (exact) mass is 261 g/mol. The van der Waals surface area contributed by atoms with Gasteiger partial charge in [0.25, 0.3) is 0 Å². The summed E-state index contributed by atoms with van der Waals surface area (Å²) in [6.45, 7) is 1.76. The third-order valence-corrected chi connectivity index (χ3v) is 3.31. The van der Waals surface area contributed by atoms with Crippen LogP contribution < -0.4 is 0 Å². The van der Waals surface area contributed by atoms with E-state index in [0.29, 0.717) is 21.3 Å². The summed E-state index contributed by atoms with van der Waals surface area (Å²) in [5, 5.41) is 0.876. The van der Waals surface area contributed by atoms with Crippen molar-refractivity contribution >= 4 is 52.5 Å². The first-order valence-electron chi connectivity index (χ1n) is 4.28. The quantitative estimate of drug-likeness (QED) is 0.645. The SMILES string of the molecule is CC1C=Nc2c(Cl)c(Cl)cc(Cl)c2C1=O. The zero-order valence-electron chi connectivity index (χ0n) is 7.72. The van der Waals surface area contributed by atoms with Crippen molar-refractivity contribution in [3.63, 3.8) is 0 Å². The van der Waals surface area contributed by atoms with E-state index in [1.54, 1.807) is 13.1 Å². The van der Waals surface area contributed by atoms with Crippen molar-refractivity contribution in [2.45, 2.75) is 6.92 Å². The number of halogens is 3. The average Bonchev–Trinajstić information content (AvgIpc) is 2.18. The van der Waals surface area contributed by atoms with E-state index in [1.165, 1.54) is 6.07 Å². The van der Waals surface area contributed by atoms with E-state index in [4.69, 9.17) is 34.8 Å². The Kier molecular flexibility index (Phi) is 2.75. The Morgan fingerprint density at radius 3 is 2.60 bits per heavy atom. The number of nitrogens with zero attached hydrogens (tertiary/aromatic N) is 1. The number of carbonyl (C=O) groups is 1. The Bertz CT molecular complexity index is 482. The van der Waals surface area contributed by atoms with Crippen LogP contribution in [0.5, 0.6) is 0 Å². The largest absolute Gasteiger partial charge is 0.293 e. The van der Waals surface area contributed by atoms with Gasteiger partial charge in [0, 0.05) is 6.21 Å². The second kappa shape index (κ2) is 3.78. The average molecular weight is 263 g/mol. The highest BCUT2D eigenvalue weighted by atomic mass is 35.5. The number of hydrogen-bond acceptors (Lipinski definition) is 2. The van der Waals surface area contributed by atoms with Crippen LogP contribution in [-0.4, -0.2) is 12.0 Å². The van der Waals surface area contributed by atoms with Crippen molar-refractivity contribution in [1.29, 1.82) is 0 Å². The normalized spacial score (nSPS) is 19.2. The van der Waals surface area contributed by atoms with Crippen LogP contribution in [-0.2, 0) is 0 Å². The van der Waals surface area contributed by atoms with Gasteiger partial charge >= 0.3 is 0 Å². The lowest BCUT2D eigenvalue weighted by molar-refractivity contribution is 0.0962. The smallest absolute Gasteiger partial charge is 0.174 e. The van der Waals surface area contributed by atoms with Gasteiger partial charge in [0.15, 0.2) is 5.78 Å². The molecule has 1 aliphatic heterocycles. The van der Waals surface area contributed by atoms with Crippen molar-refractivity contribution in [3.05, 3.63) is 26.7 Å². The zero-order valence-corrected chi connectivity index (χ0v) is 9.99. The molecule has 2 nitrogen and oxygen atoms in total. The molecule has 0 aliphatic carbocycles. The number of benzene rings is 1. The predicted molar refractivity (Wildman–Crippen MR) is 63.1 cm³/mol. The predicted octanol–water partition coefficient (Wildman–Crippen LogP) is 4.18. The van der Waals surface area contributed by atoms with Gasteiger partial charge in [-0.2, -0.15) is 0 Å². The number of hydrogen-bond donors (Lipinski definition) is 0. The Hall–Kier alpha value is -0.570. The van der Waals surface area contributed by atoms with Crippen LogP contribution in [0.1, 0.15) is 17.3 Å².